The minimum atomic E-state index is -3.60. The molecule has 0 bridgehead atoms. The van der Waals surface area contributed by atoms with Crippen molar-refractivity contribution in [2.24, 2.45) is 0 Å². The van der Waals surface area contributed by atoms with Gasteiger partial charge in [-0.3, -0.25) is 4.79 Å². The summed E-state index contributed by atoms with van der Waals surface area (Å²) in [5, 5.41) is 11.5. The van der Waals surface area contributed by atoms with Gasteiger partial charge >= 0.3 is 0 Å². The van der Waals surface area contributed by atoms with Gasteiger partial charge < -0.3 is 5.32 Å². The van der Waals surface area contributed by atoms with Gasteiger partial charge in [-0.25, -0.2) is 13.1 Å². The Morgan fingerprint density at radius 2 is 1.83 bits per heavy atom. The molecule has 0 atom stereocenters. The highest BCUT2D eigenvalue weighted by atomic mass is 32.2. The Labute approximate surface area is 141 Å². The maximum absolute atomic E-state index is 12.0. The number of sulfonamides is 1. The molecule has 0 saturated carbocycles. The molecule has 2 N–H and O–H groups in total. The summed E-state index contributed by atoms with van der Waals surface area (Å²) in [5.74, 6) is -0.270. The van der Waals surface area contributed by atoms with Gasteiger partial charge in [0.25, 0.3) is 0 Å². The van der Waals surface area contributed by atoms with Crippen molar-refractivity contribution in [1.82, 2.24) is 10.0 Å². The van der Waals surface area contributed by atoms with Crippen LogP contribution in [0.25, 0.3) is 0 Å². The highest BCUT2D eigenvalue weighted by Gasteiger charge is 2.13. The zero-order valence-corrected chi connectivity index (χ0v) is 13.7. The highest BCUT2D eigenvalue weighted by molar-refractivity contribution is 7.89. The standard InChI is InChI=1S/C17H17N3O3S/c18-12-14-5-4-6-15(11-14)13-19-17(21)9-10-20-24(22,23)16-7-2-1-3-8-16/h1-8,11,20H,9-10,13H2,(H,19,21). The lowest BCUT2D eigenvalue weighted by Crippen LogP contribution is -2.30. The Balaban J connectivity index is 1.78. The Bertz CT molecular complexity index is 843. The molecule has 1 amide bonds. The van der Waals surface area contributed by atoms with Crippen LogP contribution in [0.15, 0.2) is 59.5 Å². The smallest absolute Gasteiger partial charge is 0.240 e. The number of nitriles is 1. The van der Waals surface area contributed by atoms with E-state index in [4.69, 9.17) is 5.26 Å². The molecule has 0 aromatic heterocycles. The van der Waals surface area contributed by atoms with Crippen molar-refractivity contribution in [3.8, 4) is 6.07 Å². The van der Waals surface area contributed by atoms with E-state index in [1.54, 1.807) is 42.5 Å². The van der Waals surface area contributed by atoms with Gasteiger partial charge in [0, 0.05) is 19.5 Å². The number of amides is 1. The third kappa shape index (κ3) is 5.19. The van der Waals surface area contributed by atoms with Crippen LogP contribution < -0.4 is 10.0 Å². The largest absolute Gasteiger partial charge is 0.352 e. The minimum Gasteiger partial charge on any atom is -0.352 e. The van der Waals surface area contributed by atoms with E-state index in [9.17, 15) is 13.2 Å². The molecule has 0 aliphatic rings. The summed E-state index contributed by atoms with van der Waals surface area (Å²) in [7, 11) is -3.60. The fourth-order valence-corrected chi connectivity index (χ4v) is 3.07. The number of hydrogen-bond donors (Lipinski definition) is 2. The summed E-state index contributed by atoms with van der Waals surface area (Å²) >= 11 is 0. The van der Waals surface area contributed by atoms with Crippen LogP contribution in [0.1, 0.15) is 17.5 Å². The molecule has 7 heteroatoms. The number of rotatable bonds is 7. The predicted octanol–water partition coefficient (Wildman–Crippen LogP) is 1.54. The van der Waals surface area contributed by atoms with E-state index in [0.717, 1.165) is 5.56 Å². The van der Waals surface area contributed by atoms with E-state index in [2.05, 4.69) is 10.0 Å². The van der Waals surface area contributed by atoms with Crippen molar-refractivity contribution in [2.45, 2.75) is 17.9 Å². The molecule has 6 nitrogen and oxygen atoms in total. The quantitative estimate of drug-likeness (QED) is 0.796. The molecule has 0 unspecified atom stereocenters. The number of nitrogens with one attached hydrogen (secondary N) is 2. The number of carbonyl (C=O) groups is 1. The molecule has 0 aliphatic heterocycles. The van der Waals surface area contributed by atoms with Crippen LogP contribution in [0, 0.1) is 11.3 Å². The zero-order chi connectivity index (χ0) is 17.4. The van der Waals surface area contributed by atoms with Gasteiger partial charge in [-0.05, 0) is 29.8 Å². The third-order valence-electron chi connectivity index (χ3n) is 3.24. The van der Waals surface area contributed by atoms with Gasteiger partial charge in [0.1, 0.15) is 0 Å². The third-order valence-corrected chi connectivity index (χ3v) is 4.72. The van der Waals surface area contributed by atoms with Crippen LogP contribution in [0.5, 0.6) is 0 Å². The number of hydrogen-bond acceptors (Lipinski definition) is 4. The predicted molar refractivity (Wildman–Crippen MR) is 89.3 cm³/mol. The van der Waals surface area contributed by atoms with Crippen LogP contribution in [0.3, 0.4) is 0 Å². The molecule has 0 spiro atoms. The van der Waals surface area contributed by atoms with Gasteiger partial charge in [0.2, 0.25) is 15.9 Å². The lowest BCUT2D eigenvalue weighted by Gasteiger charge is -2.08. The molecule has 124 valence electrons. The average Bonchev–Trinajstić information content (AvgIpc) is 2.61. The molecular weight excluding hydrogens is 326 g/mol. The minimum absolute atomic E-state index is 0.0152. The molecule has 0 radical (unpaired) electrons. The maximum atomic E-state index is 12.0. The van der Waals surface area contributed by atoms with E-state index in [0.29, 0.717) is 12.1 Å². The summed E-state index contributed by atoms with van der Waals surface area (Å²) in [6, 6.07) is 16.9. The maximum Gasteiger partial charge on any atom is 0.240 e. The van der Waals surface area contributed by atoms with Crippen LogP contribution in [0.4, 0.5) is 0 Å². The molecular formula is C17H17N3O3S. The molecule has 0 heterocycles. The average molecular weight is 343 g/mol. The van der Waals surface area contributed by atoms with Gasteiger partial charge in [0.05, 0.1) is 16.5 Å². The summed E-state index contributed by atoms with van der Waals surface area (Å²) in [6.45, 7) is 0.307. The fraction of sp³-hybridized carbons (Fsp3) is 0.176. The Kier molecular flexibility index (Phi) is 6.07. The lowest BCUT2D eigenvalue weighted by atomic mass is 10.1. The Morgan fingerprint density at radius 1 is 1.08 bits per heavy atom. The second-order valence-corrected chi connectivity index (χ2v) is 6.82. The zero-order valence-electron chi connectivity index (χ0n) is 12.9. The monoisotopic (exact) mass is 343 g/mol. The van der Waals surface area contributed by atoms with Gasteiger partial charge in [0.15, 0.2) is 0 Å². The van der Waals surface area contributed by atoms with Gasteiger partial charge in [-0.1, -0.05) is 30.3 Å². The topological polar surface area (TPSA) is 99.1 Å². The summed E-state index contributed by atoms with van der Waals surface area (Å²) in [4.78, 5) is 11.9. The van der Waals surface area contributed by atoms with E-state index in [-0.39, 0.29) is 23.8 Å². The van der Waals surface area contributed by atoms with Crippen LogP contribution in [-0.4, -0.2) is 20.9 Å². The van der Waals surface area contributed by atoms with E-state index in [1.165, 1.54) is 12.1 Å². The fourth-order valence-electron chi connectivity index (χ4n) is 2.02. The molecule has 0 fully saturated rings. The highest BCUT2D eigenvalue weighted by Crippen LogP contribution is 2.07. The van der Waals surface area contributed by atoms with E-state index in [1.807, 2.05) is 6.07 Å². The van der Waals surface area contributed by atoms with Crippen LogP contribution >= 0.6 is 0 Å². The molecule has 2 rings (SSSR count). The summed E-state index contributed by atoms with van der Waals surface area (Å²) in [6.07, 6.45) is 0.0318. The van der Waals surface area contributed by atoms with Gasteiger partial charge in [-0.2, -0.15) is 5.26 Å². The number of nitrogens with zero attached hydrogens (tertiary/aromatic N) is 1. The lowest BCUT2D eigenvalue weighted by molar-refractivity contribution is -0.121. The Morgan fingerprint density at radius 3 is 2.54 bits per heavy atom. The Hall–Kier alpha value is -2.69. The van der Waals surface area contributed by atoms with Crippen molar-refractivity contribution < 1.29 is 13.2 Å². The second-order valence-electron chi connectivity index (χ2n) is 5.05. The number of benzene rings is 2. The molecule has 2 aromatic rings. The van der Waals surface area contributed by atoms with Gasteiger partial charge in [-0.15, -0.1) is 0 Å². The number of carbonyl (C=O) groups excluding carboxylic acids is 1. The molecule has 2 aromatic carbocycles. The second kappa shape index (κ2) is 8.24. The first-order valence-electron chi connectivity index (χ1n) is 7.32. The van der Waals surface area contributed by atoms with Crippen LogP contribution in [0.2, 0.25) is 0 Å². The van der Waals surface area contributed by atoms with Crippen molar-refractivity contribution in [3.05, 3.63) is 65.7 Å². The summed E-state index contributed by atoms with van der Waals surface area (Å²) < 4.78 is 26.4. The summed E-state index contributed by atoms with van der Waals surface area (Å²) in [5.41, 5.74) is 1.34. The first-order valence-corrected chi connectivity index (χ1v) is 8.80. The normalized spacial score (nSPS) is 10.8. The first kappa shape index (κ1) is 17.7. The molecule has 24 heavy (non-hydrogen) atoms. The van der Waals surface area contributed by atoms with Crippen molar-refractivity contribution in [2.75, 3.05) is 6.54 Å². The SMILES string of the molecule is N#Cc1cccc(CNC(=O)CCNS(=O)(=O)c2ccccc2)c1. The van der Waals surface area contributed by atoms with Crippen molar-refractivity contribution >= 4 is 15.9 Å². The van der Waals surface area contributed by atoms with Crippen molar-refractivity contribution in [3.63, 3.8) is 0 Å². The van der Waals surface area contributed by atoms with E-state index < -0.39 is 10.0 Å². The van der Waals surface area contributed by atoms with E-state index >= 15 is 0 Å². The molecule has 0 aliphatic carbocycles. The van der Waals surface area contributed by atoms with Crippen LogP contribution in [-0.2, 0) is 21.4 Å². The van der Waals surface area contributed by atoms with Crippen molar-refractivity contribution in [1.29, 1.82) is 5.26 Å². The first-order chi connectivity index (χ1) is 11.5. The molecule has 0 saturated heterocycles.